The van der Waals surface area contributed by atoms with Crippen LogP contribution in [0.2, 0.25) is 0 Å². The van der Waals surface area contributed by atoms with Crippen LogP contribution < -0.4 is 10.8 Å². The molecule has 0 bridgehead atoms. The number of hydrogen-bond donors (Lipinski definition) is 2. The fraction of sp³-hybridized carbons (Fsp3) is 0.889. The molecule has 0 aromatic rings. The minimum atomic E-state index is -0.0219. The van der Waals surface area contributed by atoms with Crippen LogP contribution in [0.25, 0.3) is 0 Å². The zero-order valence-corrected chi connectivity index (χ0v) is 8.56. The Labute approximate surface area is 80.0 Å². The second kappa shape index (κ2) is 9.48. The van der Waals surface area contributed by atoms with Gasteiger partial charge in [0, 0.05) is 6.42 Å². The Bertz CT molecular complexity index is 129. The van der Waals surface area contributed by atoms with Gasteiger partial charge in [-0.15, -0.1) is 0 Å². The average molecular weight is 188 g/mol. The van der Waals surface area contributed by atoms with Gasteiger partial charge < -0.3 is 5.32 Å². The number of unbranched alkanes of at least 4 members (excludes halogenated alkanes) is 2. The topological polar surface area (TPSA) is 50.4 Å². The smallest absolute Gasteiger partial charge is 0.243 e. The molecule has 0 unspecified atom stereocenters. The van der Waals surface area contributed by atoms with Gasteiger partial charge in [0.15, 0.2) is 0 Å². The maximum absolute atomic E-state index is 11.0. The number of hydroxylamine groups is 1. The number of nitrogens with one attached hydrogen (secondary N) is 2. The van der Waals surface area contributed by atoms with Crippen molar-refractivity contribution in [3.63, 3.8) is 0 Å². The maximum Gasteiger partial charge on any atom is 0.243 e. The van der Waals surface area contributed by atoms with E-state index in [2.05, 4.69) is 10.8 Å². The Morgan fingerprint density at radius 1 is 1.31 bits per heavy atom. The molecule has 0 spiro atoms. The molecule has 0 aromatic carbocycles. The van der Waals surface area contributed by atoms with Gasteiger partial charge in [0.05, 0.1) is 6.61 Å². The highest BCUT2D eigenvalue weighted by Gasteiger charge is 1.99. The van der Waals surface area contributed by atoms with Crippen molar-refractivity contribution in [3.05, 3.63) is 0 Å². The van der Waals surface area contributed by atoms with Crippen molar-refractivity contribution in [2.75, 3.05) is 20.2 Å². The fourth-order valence-corrected chi connectivity index (χ4v) is 0.968. The van der Waals surface area contributed by atoms with Crippen LogP contribution in [0.1, 0.15) is 32.6 Å². The van der Waals surface area contributed by atoms with Crippen LogP contribution in [-0.4, -0.2) is 26.1 Å². The third kappa shape index (κ3) is 9.30. The van der Waals surface area contributed by atoms with Crippen LogP contribution >= 0.6 is 0 Å². The third-order valence-corrected chi connectivity index (χ3v) is 1.66. The van der Waals surface area contributed by atoms with E-state index in [-0.39, 0.29) is 5.91 Å². The molecule has 0 aliphatic carbocycles. The van der Waals surface area contributed by atoms with Gasteiger partial charge in [-0.1, -0.05) is 6.42 Å². The van der Waals surface area contributed by atoms with Crippen LogP contribution in [-0.2, 0) is 9.63 Å². The maximum atomic E-state index is 11.0. The van der Waals surface area contributed by atoms with Crippen LogP contribution in [0.5, 0.6) is 0 Å². The normalized spacial score (nSPS) is 10.0. The number of rotatable bonds is 8. The van der Waals surface area contributed by atoms with E-state index in [4.69, 9.17) is 4.84 Å². The minimum absolute atomic E-state index is 0.0219. The second-order valence-corrected chi connectivity index (χ2v) is 2.87. The molecule has 0 aliphatic heterocycles. The van der Waals surface area contributed by atoms with Gasteiger partial charge in [0.25, 0.3) is 0 Å². The van der Waals surface area contributed by atoms with E-state index < -0.39 is 0 Å². The van der Waals surface area contributed by atoms with E-state index in [0.29, 0.717) is 13.0 Å². The number of carbonyl (C=O) groups excluding carboxylic acids is 1. The molecule has 0 aliphatic rings. The van der Waals surface area contributed by atoms with Crippen molar-refractivity contribution in [2.45, 2.75) is 32.6 Å². The molecule has 13 heavy (non-hydrogen) atoms. The molecule has 0 aromatic heterocycles. The van der Waals surface area contributed by atoms with Gasteiger partial charge in [-0.2, -0.15) is 0 Å². The van der Waals surface area contributed by atoms with E-state index in [1.54, 1.807) is 0 Å². The Morgan fingerprint density at radius 2 is 2.08 bits per heavy atom. The molecule has 0 atom stereocenters. The average Bonchev–Trinajstić information content (AvgIpc) is 2.14. The Hall–Kier alpha value is -0.610. The Balaban J connectivity index is 3.08. The molecule has 2 N–H and O–H groups in total. The quantitative estimate of drug-likeness (QED) is 0.438. The van der Waals surface area contributed by atoms with Gasteiger partial charge in [-0.05, 0) is 33.4 Å². The second-order valence-electron chi connectivity index (χ2n) is 2.87. The summed E-state index contributed by atoms with van der Waals surface area (Å²) >= 11 is 0. The highest BCUT2D eigenvalue weighted by molar-refractivity contribution is 5.74. The van der Waals surface area contributed by atoms with Crippen molar-refractivity contribution in [1.82, 2.24) is 10.8 Å². The fourth-order valence-electron chi connectivity index (χ4n) is 0.968. The molecule has 0 radical (unpaired) electrons. The summed E-state index contributed by atoms with van der Waals surface area (Å²) in [4.78, 5) is 15.7. The summed E-state index contributed by atoms with van der Waals surface area (Å²) in [5.74, 6) is -0.0219. The molecule has 0 heterocycles. The molecule has 0 fully saturated rings. The van der Waals surface area contributed by atoms with Crippen LogP contribution in [0.15, 0.2) is 0 Å². The molecular formula is C9H20N2O2. The SMILES string of the molecule is CCONC(=O)CCCCCNC. The predicted octanol–water partition coefficient (Wildman–Crippen LogP) is 0.834. The molecule has 78 valence electrons. The molecule has 0 rings (SSSR count). The Morgan fingerprint density at radius 3 is 2.69 bits per heavy atom. The van der Waals surface area contributed by atoms with E-state index in [9.17, 15) is 4.79 Å². The van der Waals surface area contributed by atoms with Crippen molar-refractivity contribution < 1.29 is 9.63 Å². The van der Waals surface area contributed by atoms with E-state index in [1.807, 2.05) is 14.0 Å². The lowest BCUT2D eigenvalue weighted by atomic mass is 10.2. The number of carbonyl (C=O) groups is 1. The van der Waals surface area contributed by atoms with Crippen molar-refractivity contribution in [1.29, 1.82) is 0 Å². The number of hydrogen-bond acceptors (Lipinski definition) is 3. The number of amides is 1. The molecule has 1 amide bonds. The third-order valence-electron chi connectivity index (χ3n) is 1.66. The van der Waals surface area contributed by atoms with Crippen molar-refractivity contribution in [2.24, 2.45) is 0 Å². The van der Waals surface area contributed by atoms with Gasteiger partial charge in [0.1, 0.15) is 0 Å². The highest BCUT2D eigenvalue weighted by Crippen LogP contribution is 1.98. The lowest BCUT2D eigenvalue weighted by Crippen LogP contribution is -2.23. The summed E-state index contributed by atoms with van der Waals surface area (Å²) in [6.07, 6.45) is 3.70. The standard InChI is InChI=1S/C9H20N2O2/c1-3-13-11-9(12)7-5-4-6-8-10-2/h10H,3-8H2,1-2H3,(H,11,12). The summed E-state index contributed by atoms with van der Waals surface area (Å²) in [6, 6.07) is 0. The van der Waals surface area contributed by atoms with Gasteiger partial charge in [-0.3, -0.25) is 9.63 Å². The zero-order chi connectivity index (χ0) is 9.94. The first-order valence-corrected chi connectivity index (χ1v) is 4.86. The summed E-state index contributed by atoms with van der Waals surface area (Å²) in [6.45, 7) is 3.38. The summed E-state index contributed by atoms with van der Waals surface area (Å²) in [7, 11) is 1.93. The van der Waals surface area contributed by atoms with Gasteiger partial charge >= 0.3 is 0 Å². The highest BCUT2D eigenvalue weighted by atomic mass is 16.6. The summed E-state index contributed by atoms with van der Waals surface area (Å²) < 4.78 is 0. The zero-order valence-electron chi connectivity index (χ0n) is 8.56. The van der Waals surface area contributed by atoms with Crippen LogP contribution in [0.3, 0.4) is 0 Å². The summed E-state index contributed by atoms with van der Waals surface area (Å²) in [5.41, 5.74) is 2.37. The largest absolute Gasteiger partial charge is 0.320 e. The van der Waals surface area contributed by atoms with E-state index in [0.717, 1.165) is 25.8 Å². The molecular weight excluding hydrogens is 168 g/mol. The van der Waals surface area contributed by atoms with Crippen molar-refractivity contribution >= 4 is 5.91 Å². The minimum Gasteiger partial charge on any atom is -0.320 e. The summed E-state index contributed by atoms with van der Waals surface area (Å²) in [5, 5.41) is 3.06. The first-order valence-electron chi connectivity index (χ1n) is 4.86. The van der Waals surface area contributed by atoms with Gasteiger partial charge in [-0.25, -0.2) is 5.48 Å². The lowest BCUT2D eigenvalue weighted by molar-refractivity contribution is -0.133. The first kappa shape index (κ1) is 12.4. The Kier molecular flexibility index (Phi) is 9.03. The van der Waals surface area contributed by atoms with Crippen LogP contribution in [0.4, 0.5) is 0 Å². The van der Waals surface area contributed by atoms with E-state index >= 15 is 0 Å². The lowest BCUT2D eigenvalue weighted by Gasteiger charge is -2.03. The molecule has 4 heteroatoms. The monoisotopic (exact) mass is 188 g/mol. The van der Waals surface area contributed by atoms with Gasteiger partial charge in [0.2, 0.25) is 5.91 Å². The van der Waals surface area contributed by atoms with Crippen molar-refractivity contribution in [3.8, 4) is 0 Å². The predicted molar refractivity (Wildman–Crippen MR) is 52.2 cm³/mol. The van der Waals surface area contributed by atoms with E-state index in [1.165, 1.54) is 0 Å². The van der Waals surface area contributed by atoms with Crippen LogP contribution in [0, 0.1) is 0 Å². The molecule has 0 saturated carbocycles. The molecule has 0 saturated heterocycles. The first-order chi connectivity index (χ1) is 6.31. The molecule has 4 nitrogen and oxygen atoms in total.